The standard InChI is InChI=1S/C16H19N3O4S/c1-11-10-14(20)12-4-3-5-13(15(12)17-11)16(21)18-6-8-19(9-7-18)24(2,22)23/h3-5,10H,6-9H2,1-2H3,(H,17,20). The second-order valence-corrected chi connectivity index (χ2v) is 7.98. The Morgan fingerprint density at radius 3 is 2.46 bits per heavy atom. The van der Waals surface area contributed by atoms with Gasteiger partial charge in [0.15, 0.2) is 5.43 Å². The molecule has 1 saturated heterocycles. The van der Waals surface area contributed by atoms with Crippen molar-refractivity contribution in [1.82, 2.24) is 14.2 Å². The fourth-order valence-electron chi connectivity index (χ4n) is 2.97. The molecule has 0 spiro atoms. The number of hydrogen-bond donors (Lipinski definition) is 1. The molecular weight excluding hydrogens is 330 g/mol. The van der Waals surface area contributed by atoms with E-state index in [1.165, 1.54) is 16.6 Å². The third kappa shape index (κ3) is 3.07. The van der Waals surface area contributed by atoms with Crippen molar-refractivity contribution < 1.29 is 13.2 Å². The maximum Gasteiger partial charge on any atom is 0.256 e. The van der Waals surface area contributed by atoms with E-state index in [2.05, 4.69) is 4.98 Å². The SMILES string of the molecule is Cc1cc(=O)c2cccc(C(=O)N3CCN(S(C)(=O)=O)CC3)c2[nH]1. The third-order valence-corrected chi connectivity index (χ3v) is 5.53. The first-order chi connectivity index (χ1) is 11.3. The summed E-state index contributed by atoms with van der Waals surface area (Å²) in [6.45, 7) is 3.00. The molecule has 0 unspecified atom stereocenters. The van der Waals surface area contributed by atoms with E-state index in [4.69, 9.17) is 0 Å². The van der Waals surface area contributed by atoms with Gasteiger partial charge in [-0.25, -0.2) is 8.42 Å². The van der Waals surface area contributed by atoms with Crippen molar-refractivity contribution in [3.63, 3.8) is 0 Å². The zero-order valence-corrected chi connectivity index (χ0v) is 14.4. The molecule has 0 saturated carbocycles. The maximum atomic E-state index is 12.8. The molecule has 1 aliphatic heterocycles. The fourth-order valence-corrected chi connectivity index (χ4v) is 3.80. The van der Waals surface area contributed by atoms with Crippen LogP contribution in [-0.4, -0.2) is 60.9 Å². The number of aromatic amines is 1. The van der Waals surface area contributed by atoms with Crippen molar-refractivity contribution in [2.24, 2.45) is 0 Å². The number of nitrogens with zero attached hydrogens (tertiary/aromatic N) is 2. The van der Waals surface area contributed by atoms with Gasteiger partial charge in [0.2, 0.25) is 10.0 Å². The summed E-state index contributed by atoms with van der Waals surface area (Å²) in [5.41, 5.74) is 1.52. The smallest absolute Gasteiger partial charge is 0.256 e. The summed E-state index contributed by atoms with van der Waals surface area (Å²) >= 11 is 0. The Bertz CT molecular complexity index is 957. The molecule has 2 aromatic rings. The summed E-state index contributed by atoms with van der Waals surface area (Å²) in [5, 5.41) is 0.473. The van der Waals surface area contributed by atoms with E-state index in [0.717, 1.165) is 0 Å². The van der Waals surface area contributed by atoms with Crippen molar-refractivity contribution in [2.75, 3.05) is 32.4 Å². The van der Waals surface area contributed by atoms with Gasteiger partial charge in [-0.1, -0.05) is 6.07 Å². The highest BCUT2D eigenvalue weighted by molar-refractivity contribution is 7.88. The molecule has 3 rings (SSSR count). The van der Waals surface area contributed by atoms with E-state index in [-0.39, 0.29) is 24.4 Å². The van der Waals surface area contributed by atoms with Crippen LogP contribution in [0.15, 0.2) is 29.1 Å². The number of piperazine rings is 1. The van der Waals surface area contributed by atoms with Crippen molar-refractivity contribution in [3.8, 4) is 0 Å². The number of rotatable bonds is 2. The molecule has 1 aromatic carbocycles. The lowest BCUT2D eigenvalue weighted by Gasteiger charge is -2.33. The number of carbonyl (C=O) groups excluding carboxylic acids is 1. The largest absolute Gasteiger partial charge is 0.358 e. The van der Waals surface area contributed by atoms with Crippen LogP contribution in [0.1, 0.15) is 16.1 Å². The second-order valence-electron chi connectivity index (χ2n) is 6.00. The number of carbonyl (C=O) groups is 1. The van der Waals surface area contributed by atoms with Crippen LogP contribution in [0.2, 0.25) is 0 Å². The molecule has 0 atom stereocenters. The topological polar surface area (TPSA) is 90.6 Å². The number of H-pyrrole nitrogens is 1. The molecule has 1 aromatic heterocycles. The van der Waals surface area contributed by atoms with Crippen LogP contribution >= 0.6 is 0 Å². The number of pyridine rings is 1. The first-order valence-corrected chi connectivity index (χ1v) is 9.49. The summed E-state index contributed by atoms with van der Waals surface area (Å²) in [6.07, 6.45) is 1.17. The summed E-state index contributed by atoms with van der Waals surface area (Å²) < 4.78 is 24.5. The summed E-state index contributed by atoms with van der Waals surface area (Å²) in [5.74, 6) is -0.199. The van der Waals surface area contributed by atoms with E-state index < -0.39 is 10.0 Å². The van der Waals surface area contributed by atoms with Gasteiger partial charge in [-0.15, -0.1) is 0 Å². The predicted octanol–water partition coefficient (Wildman–Crippen LogP) is 0.554. The van der Waals surface area contributed by atoms with Crippen molar-refractivity contribution in [2.45, 2.75) is 6.92 Å². The minimum atomic E-state index is -3.24. The van der Waals surface area contributed by atoms with Gasteiger partial charge in [0, 0.05) is 43.3 Å². The first kappa shape index (κ1) is 16.7. The molecule has 0 aliphatic carbocycles. The molecule has 24 heavy (non-hydrogen) atoms. The Labute approximate surface area is 139 Å². The zero-order chi connectivity index (χ0) is 17.5. The molecule has 128 valence electrons. The lowest BCUT2D eigenvalue weighted by Crippen LogP contribution is -2.50. The number of hydrogen-bond acceptors (Lipinski definition) is 4. The average Bonchev–Trinajstić information content (AvgIpc) is 2.53. The van der Waals surface area contributed by atoms with Crippen LogP contribution in [0.4, 0.5) is 0 Å². The summed E-state index contributed by atoms with van der Waals surface area (Å²) in [4.78, 5) is 29.6. The number of aromatic nitrogens is 1. The molecule has 2 heterocycles. The lowest BCUT2D eigenvalue weighted by atomic mass is 10.1. The Morgan fingerprint density at radius 1 is 1.17 bits per heavy atom. The lowest BCUT2D eigenvalue weighted by molar-refractivity contribution is 0.0700. The Hall–Kier alpha value is -2.19. The highest BCUT2D eigenvalue weighted by Gasteiger charge is 2.27. The minimum Gasteiger partial charge on any atom is -0.358 e. The van der Waals surface area contributed by atoms with Crippen molar-refractivity contribution in [1.29, 1.82) is 0 Å². The van der Waals surface area contributed by atoms with Crippen LogP contribution in [0.25, 0.3) is 10.9 Å². The van der Waals surface area contributed by atoms with Gasteiger partial charge in [-0.3, -0.25) is 9.59 Å². The van der Waals surface area contributed by atoms with Crippen molar-refractivity contribution in [3.05, 3.63) is 45.7 Å². The van der Waals surface area contributed by atoms with Crippen LogP contribution < -0.4 is 5.43 Å². The molecule has 1 amide bonds. The van der Waals surface area contributed by atoms with Gasteiger partial charge < -0.3 is 9.88 Å². The average molecular weight is 349 g/mol. The number of amides is 1. The third-order valence-electron chi connectivity index (χ3n) is 4.22. The molecule has 1 aliphatic rings. The van der Waals surface area contributed by atoms with Crippen LogP contribution in [0.5, 0.6) is 0 Å². The van der Waals surface area contributed by atoms with Crippen molar-refractivity contribution >= 4 is 26.8 Å². The maximum absolute atomic E-state index is 12.8. The molecule has 8 heteroatoms. The second kappa shape index (κ2) is 6.03. The quantitative estimate of drug-likeness (QED) is 0.857. The monoisotopic (exact) mass is 349 g/mol. The molecule has 7 nitrogen and oxygen atoms in total. The predicted molar refractivity (Wildman–Crippen MR) is 91.6 cm³/mol. The van der Waals surface area contributed by atoms with E-state index >= 15 is 0 Å². The molecule has 0 radical (unpaired) electrons. The number of fused-ring (bicyclic) bond motifs is 1. The molecular formula is C16H19N3O4S. The van der Waals surface area contributed by atoms with E-state index in [0.29, 0.717) is 35.2 Å². The number of nitrogens with one attached hydrogen (secondary N) is 1. The Kier molecular flexibility index (Phi) is 4.18. The number of para-hydroxylation sites is 1. The summed E-state index contributed by atoms with van der Waals surface area (Å²) in [6, 6.07) is 6.56. The van der Waals surface area contributed by atoms with Gasteiger partial charge in [-0.05, 0) is 19.1 Å². The fraction of sp³-hybridized carbons (Fsp3) is 0.375. The number of aryl methyl sites for hydroxylation is 1. The van der Waals surface area contributed by atoms with Crippen LogP contribution in [0, 0.1) is 6.92 Å². The minimum absolute atomic E-state index is 0.127. The number of sulfonamides is 1. The van der Waals surface area contributed by atoms with E-state index in [1.54, 1.807) is 30.0 Å². The summed E-state index contributed by atoms with van der Waals surface area (Å²) in [7, 11) is -3.24. The molecule has 0 bridgehead atoms. The van der Waals surface area contributed by atoms with E-state index in [9.17, 15) is 18.0 Å². The van der Waals surface area contributed by atoms with E-state index in [1.807, 2.05) is 0 Å². The van der Waals surface area contributed by atoms with Gasteiger partial charge >= 0.3 is 0 Å². The zero-order valence-electron chi connectivity index (χ0n) is 13.6. The van der Waals surface area contributed by atoms with Gasteiger partial charge in [0.05, 0.1) is 17.3 Å². The van der Waals surface area contributed by atoms with Crippen LogP contribution in [-0.2, 0) is 10.0 Å². The highest BCUT2D eigenvalue weighted by Crippen LogP contribution is 2.18. The normalized spacial score (nSPS) is 16.5. The molecule has 1 N–H and O–H groups in total. The van der Waals surface area contributed by atoms with Gasteiger partial charge in [0.1, 0.15) is 0 Å². The van der Waals surface area contributed by atoms with Crippen LogP contribution in [0.3, 0.4) is 0 Å². The van der Waals surface area contributed by atoms with Gasteiger partial charge in [-0.2, -0.15) is 4.31 Å². The Balaban J connectivity index is 1.92. The van der Waals surface area contributed by atoms with Gasteiger partial charge in [0.25, 0.3) is 5.91 Å². The Morgan fingerprint density at radius 2 is 1.83 bits per heavy atom. The molecule has 1 fully saturated rings. The highest BCUT2D eigenvalue weighted by atomic mass is 32.2. The first-order valence-electron chi connectivity index (χ1n) is 7.64. The number of benzene rings is 1.